The standard InChI is InChI=1S/C15H16O3.2C6H6O3/c1-15(2,10-3-5-11(16)6-4-10)13-8-7-12(17)9-14(13)18;2*7-4-2-1-3-5(8)6(4)9/h3-9,16-18H,1-2H3;2*1-3,7-9H. The van der Waals surface area contributed by atoms with Crippen LogP contribution in [0.25, 0.3) is 0 Å². The molecule has 190 valence electrons. The zero-order valence-corrected chi connectivity index (χ0v) is 19.5. The van der Waals surface area contributed by atoms with Gasteiger partial charge in [-0.05, 0) is 48.0 Å². The average Bonchev–Trinajstić information content (AvgIpc) is 2.82. The number of hydrogen-bond acceptors (Lipinski definition) is 9. The normalized spacial score (nSPS) is 10.4. The molecule has 0 aromatic heterocycles. The second kappa shape index (κ2) is 11.5. The Morgan fingerprint density at radius 1 is 0.444 bits per heavy atom. The predicted molar refractivity (Wildman–Crippen MR) is 133 cm³/mol. The molecule has 0 atom stereocenters. The van der Waals surface area contributed by atoms with Crippen LogP contribution in [0.3, 0.4) is 0 Å². The van der Waals surface area contributed by atoms with Crippen LogP contribution in [0.1, 0.15) is 25.0 Å². The van der Waals surface area contributed by atoms with Gasteiger partial charge in [-0.2, -0.15) is 0 Å². The third-order valence-corrected chi connectivity index (χ3v) is 5.23. The van der Waals surface area contributed by atoms with Crippen molar-refractivity contribution in [3.8, 4) is 51.7 Å². The molecule has 9 heteroatoms. The summed E-state index contributed by atoms with van der Waals surface area (Å²) in [7, 11) is 0. The Balaban J connectivity index is 0.000000212. The molecule has 9 N–H and O–H groups in total. The van der Waals surface area contributed by atoms with Gasteiger partial charge in [0.05, 0.1) is 0 Å². The monoisotopic (exact) mass is 496 g/mol. The van der Waals surface area contributed by atoms with Crippen molar-refractivity contribution in [1.82, 2.24) is 0 Å². The van der Waals surface area contributed by atoms with Gasteiger partial charge in [-0.3, -0.25) is 0 Å². The molecule has 0 aliphatic rings. The molecule has 0 amide bonds. The number of rotatable bonds is 2. The van der Waals surface area contributed by atoms with Gasteiger partial charge in [-0.1, -0.05) is 44.2 Å². The molecule has 0 bridgehead atoms. The minimum atomic E-state index is -0.475. The molecule has 0 unspecified atom stereocenters. The molecule has 0 saturated carbocycles. The number of phenols is 9. The van der Waals surface area contributed by atoms with Gasteiger partial charge in [0.25, 0.3) is 0 Å². The third-order valence-electron chi connectivity index (χ3n) is 5.23. The summed E-state index contributed by atoms with van der Waals surface area (Å²) in [6, 6.07) is 19.5. The number of para-hydroxylation sites is 2. The van der Waals surface area contributed by atoms with Crippen molar-refractivity contribution in [3.05, 3.63) is 90.0 Å². The lowest BCUT2D eigenvalue weighted by atomic mass is 9.77. The van der Waals surface area contributed by atoms with Gasteiger partial charge >= 0.3 is 0 Å². The summed E-state index contributed by atoms with van der Waals surface area (Å²) < 4.78 is 0. The molecule has 4 aromatic rings. The van der Waals surface area contributed by atoms with Crippen LogP contribution in [0.15, 0.2) is 78.9 Å². The minimum Gasteiger partial charge on any atom is -0.508 e. The molecule has 4 rings (SSSR count). The highest BCUT2D eigenvalue weighted by atomic mass is 16.3. The van der Waals surface area contributed by atoms with Crippen LogP contribution in [0.4, 0.5) is 0 Å². The minimum absolute atomic E-state index is 0.0396. The summed E-state index contributed by atoms with van der Waals surface area (Å²) >= 11 is 0. The van der Waals surface area contributed by atoms with Gasteiger partial charge < -0.3 is 46.0 Å². The first-order valence-electron chi connectivity index (χ1n) is 10.6. The molecular weight excluding hydrogens is 468 g/mol. The van der Waals surface area contributed by atoms with E-state index in [4.69, 9.17) is 30.6 Å². The first-order chi connectivity index (χ1) is 16.8. The van der Waals surface area contributed by atoms with Crippen molar-refractivity contribution < 1.29 is 46.0 Å². The fraction of sp³-hybridized carbons (Fsp3) is 0.111. The van der Waals surface area contributed by atoms with Crippen molar-refractivity contribution in [2.45, 2.75) is 19.3 Å². The molecule has 0 aliphatic heterocycles. The van der Waals surface area contributed by atoms with Gasteiger partial charge in [0.15, 0.2) is 34.5 Å². The molecule has 0 fully saturated rings. The van der Waals surface area contributed by atoms with E-state index in [0.717, 1.165) is 11.1 Å². The first kappa shape index (κ1) is 27.3. The van der Waals surface area contributed by atoms with E-state index in [-0.39, 0.29) is 40.2 Å². The second-order valence-electron chi connectivity index (χ2n) is 8.16. The second-order valence-corrected chi connectivity index (χ2v) is 8.16. The van der Waals surface area contributed by atoms with E-state index >= 15 is 0 Å². The molecular formula is C27H28O9. The summed E-state index contributed by atoms with van der Waals surface area (Å²) in [5.41, 5.74) is 1.29. The van der Waals surface area contributed by atoms with Crippen LogP contribution in [0, 0.1) is 0 Å². The molecule has 9 nitrogen and oxygen atoms in total. The number of phenolic OH excluding ortho intramolecular Hbond substituents is 9. The van der Waals surface area contributed by atoms with Crippen LogP contribution in [0.5, 0.6) is 51.7 Å². The van der Waals surface area contributed by atoms with E-state index in [1.165, 1.54) is 42.5 Å². The van der Waals surface area contributed by atoms with Crippen molar-refractivity contribution in [3.63, 3.8) is 0 Å². The highest BCUT2D eigenvalue weighted by Gasteiger charge is 2.26. The van der Waals surface area contributed by atoms with Crippen LogP contribution in [-0.2, 0) is 5.41 Å². The van der Waals surface area contributed by atoms with E-state index in [2.05, 4.69) is 0 Å². The van der Waals surface area contributed by atoms with E-state index in [1.54, 1.807) is 24.3 Å². The Kier molecular flexibility index (Phi) is 8.71. The summed E-state index contributed by atoms with van der Waals surface area (Å²) in [4.78, 5) is 0. The zero-order valence-electron chi connectivity index (χ0n) is 19.5. The summed E-state index contributed by atoms with van der Waals surface area (Å²) in [5.74, 6) is -1.87. The van der Waals surface area contributed by atoms with E-state index in [1.807, 2.05) is 26.0 Å². The highest BCUT2D eigenvalue weighted by Crippen LogP contribution is 2.38. The maximum atomic E-state index is 9.93. The van der Waals surface area contributed by atoms with Gasteiger partial charge in [0.2, 0.25) is 0 Å². The number of benzene rings is 4. The molecule has 0 saturated heterocycles. The lowest BCUT2D eigenvalue weighted by Crippen LogP contribution is -2.18. The maximum Gasteiger partial charge on any atom is 0.200 e. The topological polar surface area (TPSA) is 182 Å². The average molecular weight is 497 g/mol. The van der Waals surface area contributed by atoms with Crippen molar-refractivity contribution in [1.29, 1.82) is 0 Å². The van der Waals surface area contributed by atoms with E-state index < -0.39 is 16.9 Å². The number of aromatic hydroxyl groups is 9. The van der Waals surface area contributed by atoms with Crippen LogP contribution in [-0.4, -0.2) is 46.0 Å². The van der Waals surface area contributed by atoms with Crippen LogP contribution < -0.4 is 0 Å². The fourth-order valence-electron chi connectivity index (χ4n) is 3.12. The SMILES string of the molecule is CC(C)(c1ccc(O)cc1)c1ccc(O)cc1O.Oc1cccc(O)c1O.Oc1cccc(O)c1O. The molecule has 0 radical (unpaired) electrons. The summed E-state index contributed by atoms with van der Waals surface area (Å²) in [6.07, 6.45) is 0. The first-order valence-corrected chi connectivity index (χ1v) is 10.6. The molecule has 0 aliphatic carbocycles. The molecule has 0 spiro atoms. The smallest absolute Gasteiger partial charge is 0.200 e. The summed E-state index contributed by atoms with van der Waals surface area (Å²) in [5, 5.41) is 80.7. The fourth-order valence-corrected chi connectivity index (χ4v) is 3.12. The molecule has 36 heavy (non-hydrogen) atoms. The lowest BCUT2D eigenvalue weighted by Gasteiger charge is -2.27. The molecule has 4 aromatic carbocycles. The Hall–Kier alpha value is -4.92. The van der Waals surface area contributed by atoms with E-state index in [9.17, 15) is 15.3 Å². The number of hydrogen-bond donors (Lipinski definition) is 9. The van der Waals surface area contributed by atoms with Gasteiger partial charge in [0, 0.05) is 17.0 Å². The van der Waals surface area contributed by atoms with Gasteiger partial charge in [-0.15, -0.1) is 0 Å². The Bertz CT molecular complexity index is 1210. The van der Waals surface area contributed by atoms with Gasteiger partial charge in [0.1, 0.15) is 17.2 Å². The van der Waals surface area contributed by atoms with Gasteiger partial charge in [-0.25, -0.2) is 0 Å². The maximum absolute atomic E-state index is 9.93. The quantitative estimate of drug-likeness (QED) is 0.177. The van der Waals surface area contributed by atoms with Crippen LogP contribution in [0.2, 0.25) is 0 Å². The Morgan fingerprint density at radius 3 is 1.19 bits per heavy atom. The lowest BCUT2D eigenvalue weighted by molar-refractivity contribution is 0.368. The van der Waals surface area contributed by atoms with Crippen molar-refractivity contribution in [2.75, 3.05) is 0 Å². The zero-order chi connectivity index (χ0) is 27.0. The van der Waals surface area contributed by atoms with Crippen LogP contribution >= 0.6 is 0 Å². The van der Waals surface area contributed by atoms with Crippen molar-refractivity contribution >= 4 is 0 Å². The van der Waals surface area contributed by atoms with Crippen molar-refractivity contribution in [2.24, 2.45) is 0 Å². The Morgan fingerprint density at radius 2 is 0.833 bits per heavy atom. The predicted octanol–water partition coefficient (Wildman–Crippen LogP) is 4.74. The largest absolute Gasteiger partial charge is 0.508 e. The summed E-state index contributed by atoms with van der Waals surface area (Å²) in [6.45, 7) is 3.96. The third kappa shape index (κ3) is 6.80. The Labute approximate surface area is 207 Å². The van der Waals surface area contributed by atoms with E-state index in [0.29, 0.717) is 0 Å². The molecule has 0 heterocycles. The highest BCUT2D eigenvalue weighted by molar-refractivity contribution is 5.49.